The highest BCUT2D eigenvalue weighted by molar-refractivity contribution is 5.86. The predicted molar refractivity (Wildman–Crippen MR) is 68.4 cm³/mol. The number of rotatable bonds is 5. The number of aliphatic carboxylic acids is 1. The first-order valence-electron chi connectivity index (χ1n) is 6.28. The lowest BCUT2D eigenvalue weighted by molar-refractivity contribution is -0.137. The number of nitrogens with one attached hydrogen (secondary N) is 1. The van der Waals surface area contributed by atoms with E-state index < -0.39 is 31.0 Å². The summed E-state index contributed by atoms with van der Waals surface area (Å²) >= 11 is 0. The minimum absolute atomic E-state index is 0.0100. The van der Waals surface area contributed by atoms with Crippen LogP contribution >= 0.6 is 0 Å². The summed E-state index contributed by atoms with van der Waals surface area (Å²) < 4.78 is 0. The summed E-state index contributed by atoms with van der Waals surface area (Å²) in [4.78, 5) is 34.5. The van der Waals surface area contributed by atoms with Gasteiger partial charge in [-0.05, 0) is 18.3 Å². The lowest BCUT2D eigenvalue weighted by atomic mass is 9.87. The molecule has 19 heavy (non-hydrogen) atoms. The van der Waals surface area contributed by atoms with E-state index in [4.69, 9.17) is 10.8 Å². The molecule has 1 saturated carbocycles. The normalized spacial score (nSPS) is 20.8. The molecule has 0 radical (unpaired) electrons. The van der Waals surface area contributed by atoms with E-state index in [1.807, 2.05) is 0 Å². The largest absolute Gasteiger partial charge is 0.480 e. The Bertz CT molecular complexity index is 365. The van der Waals surface area contributed by atoms with Crippen LogP contribution in [0, 0.1) is 5.41 Å². The van der Waals surface area contributed by atoms with E-state index in [1.165, 1.54) is 0 Å². The molecule has 0 heterocycles. The molecule has 7 nitrogen and oxygen atoms in total. The fraction of sp³-hybridized carbons (Fsp3) is 0.750. The van der Waals surface area contributed by atoms with E-state index in [-0.39, 0.29) is 11.5 Å². The molecular weight excluding hydrogens is 250 g/mol. The Morgan fingerprint density at radius 3 is 2.42 bits per heavy atom. The van der Waals surface area contributed by atoms with Gasteiger partial charge >= 0.3 is 12.0 Å². The summed E-state index contributed by atoms with van der Waals surface area (Å²) in [5.74, 6) is -1.91. The third kappa shape index (κ3) is 4.42. The molecule has 0 spiro atoms. The van der Waals surface area contributed by atoms with Gasteiger partial charge in [-0.15, -0.1) is 0 Å². The zero-order valence-corrected chi connectivity index (χ0v) is 11.3. The van der Waals surface area contributed by atoms with Crippen LogP contribution in [0.3, 0.4) is 0 Å². The molecule has 0 aliphatic heterocycles. The van der Waals surface area contributed by atoms with Crippen LogP contribution in [0.2, 0.25) is 0 Å². The van der Waals surface area contributed by atoms with Crippen molar-refractivity contribution in [2.45, 2.75) is 39.2 Å². The fourth-order valence-corrected chi connectivity index (χ4v) is 2.39. The number of carboxylic acids is 1. The van der Waals surface area contributed by atoms with Gasteiger partial charge in [0.05, 0.1) is 0 Å². The van der Waals surface area contributed by atoms with Gasteiger partial charge in [-0.2, -0.15) is 0 Å². The number of urea groups is 1. The number of primary amides is 1. The monoisotopic (exact) mass is 271 g/mol. The third-order valence-corrected chi connectivity index (χ3v) is 3.51. The summed E-state index contributed by atoms with van der Waals surface area (Å²) in [5.41, 5.74) is 5.00. The molecule has 0 aromatic carbocycles. The molecular formula is C12H21N3O4. The van der Waals surface area contributed by atoms with Gasteiger partial charge in [0, 0.05) is 6.04 Å². The summed E-state index contributed by atoms with van der Waals surface area (Å²) in [6.45, 7) is 3.17. The van der Waals surface area contributed by atoms with Crippen molar-refractivity contribution in [1.82, 2.24) is 10.2 Å². The molecule has 1 unspecified atom stereocenters. The maximum absolute atomic E-state index is 12.0. The van der Waals surface area contributed by atoms with Crippen LogP contribution in [-0.2, 0) is 9.59 Å². The van der Waals surface area contributed by atoms with Crippen LogP contribution in [-0.4, -0.2) is 47.0 Å². The molecule has 1 aliphatic rings. The molecule has 1 rings (SSSR count). The highest BCUT2D eigenvalue weighted by Crippen LogP contribution is 2.37. The number of carboxylic acid groups (broad SMARTS) is 1. The van der Waals surface area contributed by atoms with Gasteiger partial charge in [-0.3, -0.25) is 9.59 Å². The van der Waals surface area contributed by atoms with Gasteiger partial charge in [0.25, 0.3) is 0 Å². The Morgan fingerprint density at radius 2 is 2.00 bits per heavy atom. The standard InChI is InChI=1S/C12H21N3O4/c1-12(2)5-3-4-8(12)14-11(19)15(6-9(13)16)7-10(17)18/h8H,3-7H2,1-2H3,(H2,13,16)(H,14,19)(H,17,18). The molecule has 1 atom stereocenters. The lowest BCUT2D eigenvalue weighted by Crippen LogP contribution is -2.51. The molecule has 7 heteroatoms. The second kappa shape index (κ2) is 5.90. The van der Waals surface area contributed by atoms with Crippen LogP contribution in [0.25, 0.3) is 0 Å². The van der Waals surface area contributed by atoms with E-state index in [1.54, 1.807) is 0 Å². The van der Waals surface area contributed by atoms with Crippen molar-refractivity contribution in [3.05, 3.63) is 0 Å². The number of hydrogen-bond donors (Lipinski definition) is 3. The fourth-order valence-electron chi connectivity index (χ4n) is 2.39. The second-order valence-electron chi connectivity index (χ2n) is 5.60. The SMILES string of the molecule is CC1(C)CCCC1NC(=O)N(CC(N)=O)CC(=O)O. The maximum Gasteiger partial charge on any atom is 0.323 e. The van der Waals surface area contributed by atoms with Gasteiger partial charge in [0.2, 0.25) is 5.91 Å². The van der Waals surface area contributed by atoms with E-state index in [2.05, 4.69) is 19.2 Å². The van der Waals surface area contributed by atoms with Crippen molar-refractivity contribution in [1.29, 1.82) is 0 Å². The first kappa shape index (κ1) is 15.3. The van der Waals surface area contributed by atoms with Crippen molar-refractivity contribution in [2.75, 3.05) is 13.1 Å². The van der Waals surface area contributed by atoms with Crippen LogP contribution in [0.5, 0.6) is 0 Å². The number of carbonyl (C=O) groups excluding carboxylic acids is 2. The van der Waals surface area contributed by atoms with Gasteiger partial charge in [0.15, 0.2) is 0 Å². The van der Waals surface area contributed by atoms with E-state index in [0.717, 1.165) is 24.2 Å². The Balaban J connectivity index is 2.66. The van der Waals surface area contributed by atoms with Crippen LogP contribution in [0.1, 0.15) is 33.1 Å². The molecule has 3 amide bonds. The first-order valence-corrected chi connectivity index (χ1v) is 6.28. The summed E-state index contributed by atoms with van der Waals surface area (Å²) in [7, 11) is 0. The first-order chi connectivity index (χ1) is 8.72. The van der Waals surface area contributed by atoms with Gasteiger partial charge < -0.3 is 21.1 Å². The Labute approximate surface area is 112 Å². The maximum atomic E-state index is 12.0. The molecule has 0 saturated heterocycles. The van der Waals surface area contributed by atoms with Crippen molar-refractivity contribution in [2.24, 2.45) is 11.1 Å². The summed E-state index contributed by atoms with van der Waals surface area (Å²) in [6, 6.07) is -0.564. The molecule has 1 fully saturated rings. The van der Waals surface area contributed by atoms with Crippen molar-refractivity contribution in [3.63, 3.8) is 0 Å². The number of carbonyl (C=O) groups is 3. The quantitative estimate of drug-likeness (QED) is 0.660. The lowest BCUT2D eigenvalue weighted by Gasteiger charge is -2.30. The minimum atomic E-state index is -1.18. The molecule has 1 aliphatic carbocycles. The van der Waals surface area contributed by atoms with Crippen LogP contribution < -0.4 is 11.1 Å². The smallest absolute Gasteiger partial charge is 0.323 e. The molecule has 0 aromatic heterocycles. The van der Waals surface area contributed by atoms with E-state index >= 15 is 0 Å². The van der Waals surface area contributed by atoms with Gasteiger partial charge in [-0.25, -0.2) is 4.79 Å². The number of amides is 3. The van der Waals surface area contributed by atoms with Crippen molar-refractivity contribution in [3.8, 4) is 0 Å². The molecule has 4 N–H and O–H groups in total. The minimum Gasteiger partial charge on any atom is -0.480 e. The number of hydrogen-bond acceptors (Lipinski definition) is 3. The number of nitrogens with zero attached hydrogens (tertiary/aromatic N) is 1. The van der Waals surface area contributed by atoms with E-state index in [0.29, 0.717) is 0 Å². The van der Waals surface area contributed by atoms with Crippen molar-refractivity contribution >= 4 is 17.9 Å². The average molecular weight is 271 g/mol. The highest BCUT2D eigenvalue weighted by Gasteiger charge is 2.36. The number of nitrogens with two attached hydrogens (primary N) is 1. The Morgan fingerprint density at radius 1 is 1.37 bits per heavy atom. The highest BCUT2D eigenvalue weighted by atomic mass is 16.4. The Kier molecular flexibility index (Phi) is 4.74. The Hall–Kier alpha value is -1.79. The summed E-state index contributed by atoms with van der Waals surface area (Å²) in [6.07, 6.45) is 2.88. The van der Waals surface area contributed by atoms with Gasteiger partial charge in [-0.1, -0.05) is 20.3 Å². The third-order valence-electron chi connectivity index (χ3n) is 3.51. The second-order valence-corrected chi connectivity index (χ2v) is 5.60. The van der Waals surface area contributed by atoms with Crippen LogP contribution in [0.15, 0.2) is 0 Å². The van der Waals surface area contributed by atoms with E-state index in [9.17, 15) is 14.4 Å². The summed E-state index contributed by atoms with van der Waals surface area (Å²) in [5, 5.41) is 11.5. The zero-order valence-electron chi connectivity index (χ0n) is 11.3. The topological polar surface area (TPSA) is 113 Å². The predicted octanol–water partition coefficient (Wildman–Crippen LogP) is 0.147. The average Bonchev–Trinajstić information content (AvgIpc) is 2.56. The van der Waals surface area contributed by atoms with Crippen molar-refractivity contribution < 1.29 is 19.5 Å². The molecule has 0 bridgehead atoms. The zero-order chi connectivity index (χ0) is 14.6. The molecule has 108 valence electrons. The van der Waals surface area contributed by atoms with Crippen LogP contribution in [0.4, 0.5) is 4.79 Å². The van der Waals surface area contributed by atoms with Gasteiger partial charge in [0.1, 0.15) is 13.1 Å². The molecule has 0 aromatic rings.